The molecule has 1 aliphatic rings. The largest absolute Gasteiger partial charge is 0.266 e. The highest BCUT2D eigenvalue weighted by atomic mass is 32.2. The molecule has 0 saturated carbocycles. The first-order valence-electron chi connectivity index (χ1n) is 6.72. The van der Waals surface area contributed by atoms with E-state index in [4.69, 9.17) is 0 Å². The van der Waals surface area contributed by atoms with E-state index in [2.05, 4.69) is 10.5 Å². The molecule has 6 nitrogen and oxygen atoms in total. The zero-order valence-electron chi connectivity index (χ0n) is 12.7. The summed E-state index contributed by atoms with van der Waals surface area (Å²) in [6.45, 7) is 7.06. The van der Waals surface area contributed by atoms with Gasteiger partial charge in [-0.1, -0.05) is 27.7 Å². The van der Waals surface area contributed by atoms with Crippen molar-refractivity contribution in [2.24, 2.45) is 16.9 Å². The minimum absolute atomic E-state index is 0.103. The lowest BCUT2D eigenvalue weighted by atomic mass is 10.3. The third kappa shape index (κ3) is 4.96. The summed E-state index contributed by atoms with van der Waals surface area (Å²) in [5, 5.41) is 3.37. The van der Waals surface area contributed by atoms with Gasteiger partial charge in [-0.2, -0.15) is 5.10 Å². The van der Waals surface area contributed by atoms with Crippen LogP contribution in [0.2, 0.25) is 0 Å². The minimum Gasteiger partial charge on any atom is -0.266 e. The number of hydrazone groups is 1. The van der Waals surface area contributed by atoms with Crippen LogP contribution in [0.4, 0.5) is 0 Å². The van der Waals surface area contributed by atoms with Gasteiger partial charge in [-0.3, -0.25) is 5.43 Å². The quantitative estimate of drug-likeness (QED) is 0.793. The second kappa shape index (κ2) is 6.74. The van der Waals surface area contributed by atoms with Gasteiger partial charge >= 0.3 is 0 Å². The monoisotopic (exact) mass is 334 g/mol. The fourth-order valence-electron chi connectivity index (χ4n) is 1.92. The van der Waals surface area contributed by atoms with Gasteiger partial charge in [-0.15, -0.1) is 0 Å². The molecule has 0 saturated heterocycles. The molecule has 0 bridgehead atoms. The predicted molar refractivity (Wildman–Crippen MR) is 85.0 cm³/mol. The minimum atomic E-state index is -3.75. The molecule has 0 radical (unpaired) electrons. The van der Waals surface area contributed by atoms with Crippen LogP contribution in [0.15, 0.2) is 27.2 Å². The van der Waals surface area contributed by atoms with Gasteiger partial charge in [0.05, 0.1) is 11.5 Å². The molecule has 0 aliphatic carbocycles. The molecule has 21 heavy (non-hydrogen) atoms. The standard InChI is InChI=1S/C13H22N2O4S2/c1-10(2)8-20(16,17)12-6-5-7-14-15-13(12)21(18,19)9-11(3)4/h5-7,10-11,15H,8-9H2,1-4H3. The lowest BCUT2D eigenvalue weighted by Crippen LogP contribution is -2.26. The third-order valence-corrected chi connectivity index (χ3v) is 6.83. The number of allylic oxidation sites excluding steroid dienone is 2. The maximum Gasteiger partial charge on any atom is 0.196 e. The summed E-state index contributed by atoms with van der Waals surface area (Å²) in [6.07, 6.45) is 4.02. The van der Waals surface area contributed by atoms with Crippen molar-refractivity contribution in [3.05, 3.63) is 22.1 Å². The fourth-order valence-corrected chi connectivity index (χ4v) is 5.96. The molecule has 1 N–H and O–H groups in total. The smallest absolute Gasteiger partial charge is 0.196 e. The van der Waals surface area contributed by atoms with Gasteiger partial charge in [0.1, 0.15) is 4.91 Å². The van der Waals surface area contributed by atoms with Crippen LogP contribution >= 0.6 is 0 Å². The Balaban J connectivity index is 3.44. The summed E-state index contributed by atoms with van der Waals surface area (Å²) in [7, 11) is -7.45. The van der Waals surface area contributed by atoms with Gasteiger partial charge in [0.15, 0.2) is 24.7 Å². The first kappa shape index (κ1) is 17.9. The Morgan fingerprint density at radius 3 is 2.05 bits per heavy atom. The molecule has 1 aliphatic heterocycles. The maximum atomic E-state index is 12.4. The summed E-state index contributed by atoms with van der Waals surface area (Å²) in [6, 6.07) is 0. The van der Waals surface area contributed by atoms with E-state index < -0.39 is 19.7 Å². The van der Waals surface area contributed by atoms with Crippen molar-refractivity contribution in [2.45, 2.75) is 27.7 Å². The molecule has 8 heteroatoms. The van der Waals surface area contributed by atoms with Crippen molar-refractivity contribution < 1.29 is 16.8 Å². The van der Waals surface area contributed by atoms with Gasteiger partial charge in [0.25, 0.3) is 0 Å². The Labute approximate surface area is 126 Å². The first-order valence-corrected chi connectivity index (χ1v) is 10.0. The lowest BCUT2D eigenvalue weighted by Gasteiger charge is -2.15. The topological polar surface area (TPSA) is 92.7 Å². The summed E-state index contributed by atoms with van der Waals surface area (Å²) in [5.74, 6) is -0.474. The average molecular weight is 334 g/mol. The van der Waals surface area contributed by atoms with E-state index in [-0.39, 0.29) is 33.3 Å². The average Bonchev–Trinajstić information content (AvgIpc) is 2.50. The molecule has 0 fully saturated rings. The molecule has 0 aromatic heterocycles. The summed E-state index contributed by atoms with van der Waals surface area (Å²) in [5.41, 5.74) is 2.38. The van der Waals surface area contributed by atoms with Crippen LogP contribution in [0.25, 0.3) is 0 Å². The summed E-state index contributed by atoms with van der Waals surface area (Å²) < 4.78 is 49.6. The van der Waals surface area contributed by atoms with Crippen molar-refractivity contribution in [2.75, 3.05) is 11.5 Å². The van der Waals surface area contributed by atoms with Crippen LogP contribution in [-0.4, -0.2) is 34.6 Å². The van der Waals surface area contributed by atoms with Crippen LogP contribution in [-0.2, 0) is 19.7 Å². The number of nitrogens with one attached hydrogen (secondary N) is 1. The van der Waals surface area contributed by atoms with Crippen molar-refractivity contribution in [3.8, 4) is 0 Å². The van der Waals surface area contributed by atoms with Crippen molar-refractivity contribution >= 4 is 25.9 Å². The second-order valence-corrected chi connectivity index (χ2v) is 9.77. The summed E-state index contributed by atoms with van der Waals surface area (Å²) in [4.78, 5) is -0.214. The summed E-state index contributed by atoms with van der Waals surface area (Å²) >= 11 is 0. The molecule has 1 heterocycles. The van der Waals surface area contributed by atoms with Gasteiger partial charge < -0.3 is 0 Å². The molecule has 1 rings (SSSR count). The van der Waals surface area contributed by atoms with E-state index in [1.54, 1.807) is 27.7 Å². The van der Waals surface area contributed by atoms with Gasteiger partial charge in [-0.05, 0) is 24.0 Å². The molecular formula is C13H22N2O4S2. The van der Waals surface area contributed by atoms with E-state index >= 15 is 0 Å². The highest BCUT2D eigenvalue weighted by Gasteiger charge is 2.30. The maximum absolute atomic E-state index is 12.4. The Morgan fingerprint density at radius 2 is 1.52 bits per heavy atom. The van der Waals surface area contributed by atoms with Crippen molar-refractivity contribution in [1.29, 1.82) is 0 Å². The SMILES string of the molecule is CC(C)CS(=O)(=O)C1=C(S(=O)(=O)CC(C)C)NN=CC=C1. The lowest BCUT2D eigenvalue weighted by molar-refractivity contribution is 0.580. The Morgan fingerprint density at radius 1 is 1.00 bits per heavy atom. The van der Waals surface area contributed by atoms with E-state index in [1.807, 2.05) is 0 Å². The molecule has 0 aromatic carbocycles. The van der Waals surface area contributed by atoms with E-state index in [0.29, 0.717) is 0 Å². The molecule has 0 unspecified atom stereocenters. The van der Waals surface area contributed by atoms with Crippen molar-refractivity contribution in [1.82, 2.24) is 5.43 Å². The zero-order chi connectivity index (χ0) is 16.3. The highest BCUT2D eigenvalue weighted by molar-refractivity contribution is 7.99. The van der Waals surface area contributed by atoms with Crippen LogP contribution in [0.3, 0.4) is 0 Å². The van der Waals surface area contributed by atoms with E-state index in [1.165, 1.54) is 18.4 Å². The van der Waals surface area contributed by atoms with Crippen molar-refractivity contribution in [3.63, 3.8) is 0 Å². The van der Waals surface area contributed by atoms with E-state index in [0.717, 1.165) is 0 Å². The Bertz CT molecular complexity index is 669. The molecule has 0 atom stereocenters. The number of nitrogens with zero attached hydrogens (tertiary/aromatic N) is 1. The van der Waals surface area contributed by atoms with Crippen LogP contribution < -0.4 is 5.43 Å². The number of hydrogen-bond donors (Lipinski definition) is 1. The van der Waals surface area contributed by atoms with Crippen LogP contribution in [0.5, 0.6) is 0 Å². The third-order valence-electron chi connectivity index (χ3n) is 2.55. The Hall–Kier alpha value is -1.15. The number of rotatable bonds is 6. The highest BCUT2D eigenvalue weighted by Crippen LogP contribution is 2.22. The fraction of sp³-hybridized carbons (Fsp3) is 0.615. The van der Waals surface area contributed by atoms with Gasteiger partial charge in [0, 0.05) is 6.21 Å². The first-order chi connectivity index (χ1) is 9.56. The molecule has 0 amide bonds. The number of hydrogen-bond acceptors (Lipinski definition) is 6. The number of sulfone groups is 2. The van der Waals surface area contributed by atoms with Crippen LogP contribution in [0, 0.1) is 11.8 Å². The molecule has 120 valence electrons. The second-order valence-electron chi connectivity index (χ2n) is 5.79. The van der Waals surface area contributed by atoms with E-state index in [9.17, 15) is 16.8 Å². The van der Waals surface area contributed by atoms with Crippen LogP contribution in [0.1, 0.15) is 27.7 Å². The van der Waals surface area contributed by atoms with Gasteiger partial charge in [0.2, 0.25) is 0 Å². The molecule has 0 aromatic rings. The van der Waals surface area contributed by atoms with Gasteiger partial charge in [-0.25, -0.2) is 16.8 Å². The Kier molecular flexibility index (Phi) is 5.75. The zero-order valence-corrected chi connectivity index (χ0v) is 14.3. The molecular weight excluding hydrogens is 312 g/mol. The molecule has 0 spiro atoms. The predicted octanol–water partition coefficient (Wildman–Crippen LogP) is 1.44. The normalized spacial score (nSPS) is 16.5.